The second-order valence-electron chi connectivity index (χ2n) is 3.43. The third kappa shape index (κ3) is 3.75. The zero-order valence-electron chi connectivity index (χ0n) is 8.16. The molecule has 1 rings (SSSR count). The third-order valence-corrected chi connectivity index (χ3v) is 2.48. The number of nitriles is 1. The average molecular weight is 183 g/mol. The molecule has 0 spiro atoms. The van der Waals surface area contributed by atoms with Gasteiger partial charge in [0.25, 0.3) is 0 Å². The summed E-state index contributed by atoms with van der Waals surface area (Å²) in [7, 11) is 1.75. The molecule has 1 saturated carbocycles. The van der Waals surface area contributed by atoms with Crippen LogP contribution in [0.1, 0.15) is 32.1 Å². The van der Waals surface area contributed by atoms with Gasteiger partial charge in [-0.25, -0.2) is 0 Å². The van der Waals surface area contributed by atoms with Crippen LogP contribution in [-0.4, -0.2) is 25.9 Å². The van der Waals surface area contributed by atoms with Crippen molar-refractivity contribution in [1.29, 1.82) is 5.26 Å². The monoisotopic (exact) mass is 183 g/mol. The SMILES string of the molecule is COC1CCCC(OCCC#N)C1. The summed E-state index contributed by atoms with van der Waals surface area (Å²) in [5, 5.41) is 8.34. The topological polar surface area (TPSA) is 42.2 Å². The van der Waals surface area contributed by atoms with Crippen molar-refractivity contribution in [3.05, 3.63) is 0 Å². The van der Waals surface area contributed by atoms with E-state index >= 15 is 0 Å². The van der Waals surface area contributed by atoms with E-state index in [9.17, 15) is 0 Å². The maximum atomic E-state index is 8.34. The molecule has 0 aromatic heterocycles. The summed E-state index contributed by atoms with van der Waals surface area (Å²) in [6, 6.07) is 2.08. The van der Waals surface area contributed by atoms with Crippen LogP contribution >= 0.6 is 0 Å². The van der Waals surface area contributed by atoms with Gasteiger partial charge >= 0.3 is 0 Å². The predicted octanol–water partition coefficient (Wildman–Crippen LogP) is 1.87. The summed E-state index contributed by atoms with van der Waals surface area (Å²) < 4.78 is 10.8. The average Bonchev–Trinajstić information content (AvgIpc) is 2.19. The second kappa shape index (κ2) is 5.95. The van der Waals surface area contributed by atoms with E-state index in [1.807, 2.05) is 0 Å². The van der Waals surface area contributed by atoms with Crippen LogP contribution in [0.15, 0.2) is 0 Å². The van der Waals surface area contributed by atoms with Gasteiger partial charge in [-0.05, 0) is 25.7 Å². The lowest BCUT2D eigenvalue weighted by Gasteiger charge is -2.27. The number of ether oxygens (including phenoxy) is 2. The van der Waals surface area contributed by atoms with E-state index in [2.05, 4.69) is 6.07 Å². The molecule has 0 radical (unpaired) electrons. The van der Waals surface area contributed by atoms with Crippen molar-refractivity contribution in [1.82, 2.24) is 0 Å². The molecule has 0 saturated heterocycles. The minimum Gasteiger partial charge on any atom is -0.381 e. The Morgan fingerprint density at radius 1 is 1.38 bits per heavy atom. The first-order chi connectivity index (χ1) is 6.36. The van der Waals surface area contributed by atoms with E-state index < -0.39 is 0 Å². The first kappa shape index (κ1) is 10.5. The minimum absolute atomic E-state index is 0.312. The molecule has 3 nitrogen and oxygen atoms in total. The lowest BCUT2D eigenvalue weighted by atomic mass is 9.95. The molecular weight excluding hydrogens is 166 g/mol. The molecule has 1 aliphatic rings. The molecule has 0 aromatic carbocycles. The Labute approximate surface area is 79.6 Å². The van der Waals surface area contributed by atoms with Crippen LogP contribution in [-0.2, 0) is 9.47 Å². The van der Waals surface area contributed by atoms with Crippen molar-refractivity contribution in [2.75, 3.05) is 13.7 Å². The summed E-state index contributed by atoms with van der Waals surface area (Å²) in [4.78, 5) is 0. The Morgan fingerprint density at radius 2 is 2.15 bits per heavy atom. The van der Waals surface area contributed by atoms with Gasteiger partial charge in [0.05, 0.1) is 31.3 Å². The smallest absolute Gasteiger partial charge is 0.0645 e. The van der Waals surface area contributed by atoms with E-state index in [1.54, 1.807) is 7.11 Å². The van der Waals surface area contributed by atoms with Crippen molar-refractivity contribution in [3.8, 4) is 6.07 Å². The lowest BCUT2D eigenvalue weighted by Crippen LogP contribution is -2.27. The van der Waals surface area contributed by atoms with E-state index in [1.165, 1.54) is 6.42 Å². The van der Waals surface area contributed by atoms with E-state index in [0.29, 0.717) is 25.2 Å². The zero-order valence-corrected chi connectivity index (χ0v) is 8.16. The molecule has 1 fully saturated rings. The maximum absolute atomic E-state index is 8.34. The summed E-state index contributed by atoms with van der Waals surface area (Å²) in [6.45, 7) is 0.567. The van der Waals surface area contributed by atoms with Gasteiger partial charge in [0.1, 0.15) is 0 Å². The first-order valence-electron chi connectivity index (χ1n) is 4.88. The molecule has 0 aliphatic heterocycles. The number of hydrogen-bond donors (Lipinski definition) is 0. The molecule has 0 bridgehead atoms. The summed E-state index contributed by atoms with van der Waals surface area (Å²) in [6.07, 6.45) is 5.60. The van der Waals surface area contributed by atoms with Gasteiger partial charge in [-0.3, -0.25) is 0 Å². The summed E-state index contributed by atoms with van der Waals surface area (Å²) in [5.74, 6) is 0. The van der Waals surface area contributed by atoms with E-state index in [0.717, 1.165) is 19.3 Å². The van der Waals surface area contributed by atoms with Crippen LogP contribution in [0.2, 0.25) is 0 Å². The van der Waals surface area contributed by atoms with Gasteiger partial charge in [0, 0.05) is 7.11 Å². The van der Waals surface area contributed by atoms with Crippen molar-refractivity contribution in [3.63, 3.8) is 0 Å². The lowest BCUT2D eigenvalue weighted by molar-refractivity contribution is -0.0276. The molecule has 3 heteroatoms. The van der Waals surface area contributed by atoms with Crippen molar-refractivity contribution in [2.45, 2.75) is 44.3 Å². The molecule has 1 aliphatic carbocycles. The fraction of sp³-hybridized carbons (Fsp3) is 0.900. The highest BCUT2D eigenvalue weighted by atomic mass is 16.5. The van der Waals surface area contributed by atoms with Gasteiger partial charge < -0.3 is 9.47 Å². The number of nitrogens with zero attached hydrogens (tertiary/aromatic N) is 1. The van der Waals surface area contributed by atoms with E-state index in [-0.39, 0.29) is 0 Å². The molecule has 0 aromatic rings. The molecule has 74 valence electrons. The van der Waals surface area contributed by atoms with Crippen LogP contribution in [0, 0.1) is 11.3 Å². The van der Waals surface area contributed by atoms with E-state index in [4.69, 9.17) is 14.7 Å². The molecule has 2 atom stereocenters. The molecule has 0 N–H and O–H groups in total. The van der Waals surface area contributed by atoms with Gasteiger partial charge in [-0.1, -0.05) is 0 Å². The molecule has 2 unspecified atom stereocenters. The highest BCUT2D eigenvalue weighted by Gasteiger charge is 2.21. The second-order valence-corrected chi connectivity index (χ2v) is 3.43. The third-order valence-electron chi connectivity index (χ3n) is 2.48. The Hall–Kier alpha value is -0.590. The Balaban J connectivity index is 2.15. The standard InChI is InChI=1S/C10H17NO2/c1-12-9-4-2-5-10(8-9)13-7-3-6-11/h9-10H,2-5,7-8H2,1H3. The largest absolute Gasteiger partial charge is 0.381 e. The fourth-order valence-electron chi connectivity index (χ4n) is 1.74. The van der Waals surface area contributed by atoms with Gasteiger partial charge in [0.2, 0.25) is 0 Å². The van der Waals surface area contributed by atoms with Crippen LogP contribution in [0.4, 0.5) is 0 Å². The van der Waals surface area contributed by atoms with Crippen molar-refractivity contribution >= 4 is 0 Å². The maximum Gasteiger partial charge on any atom is 0.0645 e. The zero-order chi connectivity index (χ0) is 9.52. The van der Waals surface area contributed by atoms with Crippen LogP contribution in [0.25, 0.3) is 0 Å². The van der Waals surface area contributed by atoms with Crippen molar-refractivity contribution in [2.24, 2.45) is 0 Å². The summed E-state index contributed by atoms with van der Waals surface area (Å²) in [5.41, 5.74) is 0. The Bertz CT molecular complexity index is 176. The van der Waals surface area contributed by atoms with Gasteiger partial charge in [-0.15, -0.1) is 0 Å². The number of methoxy groups -OCH3 is 1. The van der Waals surface area contributed by atoms with Crippen LogP contribution < -0.4 is 0 Å². The predicted molar refractivity (Wildman–Crippen MR) is 49.2 cm³/mol. The highest BCUT2D eigenvalue weighted by molar-refractivity contribution is 4.74. The quantitative estimate of drug-likeness (QED) is 0.625. The highest BCUT2D eigenvalue weighted by Crippen LogP contribution is 2.22. The minimum atomic E-state index is 0.312. The number of rotatable bonds is 4. The summed E-state index contributed by atoms with van der Waals surface area (Å²) >= 11 is 0. The Morgan fingerprint density at radius 3 is 2.85 bits per heavy atom. The number of hydrogen-bond acceptors (Lipinski definition) is 3. The van der Waals surface area contributed by atoms with Crippen LogP contribution in [0.3, 0.4) is 0 Å². The van der Waals surface area contributed by atoms with Gasteiger partial charge in [0.15, 0.2) is 0 Å². The van der Waals surface area contributed by atoms with Crippen LogP contribution in [0.5, 0.6) is 0 Å². The Kier molecular flexibility index (Phi) is 4.81. The fourth-order valence-corrected chi connectivity index (χ4v) is 1.74. The van der Waals surface area contributed by atoms with Crippen molar-refractivity contribution < 1.29 is 9.47 Å². The molecule has 0 amide bonds. The van der Waals surface area contributed by atoms with Gasteiger partial charge in [-0.2, -0.15) is 5.26 Å². The normalized spacial score (nSPS) is 28.3. The molecule has 0 heterocycles. The first-order valence-corrected chi connectivity index (χ1v) is 4.88. The molecule has 13 heavy (non-hydrogen) atoms. The molecular formula is C10H17NO2.